The average Bonchev–Trinajstić information content (AvgIpc) is 2.50. The third-order valence-electron chi connectivity index (χ3n) is 3.19. The molecule has 2 N–H and O–H groups in total. The summed E-state index contributed by atoms with van der Waals surface area (Å²) in [5, 5.41) is 12.2. The molecule has 2 aromatic rings. The molecule has 1 atom stereocenters. The SMILES string of the molecule is O=C(Cc1ccc(F)cc1)N[C@@H](CO)Cc1ccccc1. The van der Waals surface area contributed by atoms with Gasteiger partial charge in [-0.15, -0.1) is 0 Å². The summed E-state index contributed by atoms with van der Waals surface area (Å²) in [5.74, 6) is -0.506. The highest BCUT2D eigenvalue weighted by Gasteiger charge is 2.12. The average molecular weight is 287 g/mol. The van der Waals surface area contributed by atoms with Gasteiger partial charge in [0.1, 0.15) is 5.82 Å². The molecular weight excluding hydrogens is 269 g/mol. The van der Waals surface area contributed by atoms with E-state index in [-0.39, 0.29) is 30.8 Å². The van der Waals surface area contributed by atoms with E-state index in [1.807, 2.05) is 30.3 Å². The molecule has 0 aliphatic rings. The van der Waals surface area contributed by atoms with Crippen molar-refractivity contribution in [2.75, 3.05) is 6.61 Å². The molecule has 2 rings (SSSR count). The zero-order valence-electron chi connectivity index (χ0n) is 11.6. The summed E-state index contributed by atoms with van der Waals surface area (Å²) in [6.45, 7) is -0.121. The van der Waals surface area contributed by atoms with Gasteiger partial charge >= 0.3 is 0 Å². The number of rotatable bonds is 6. The number of hydrogen-bond donors (Lipinski definition) is 2. The molecule has 0 bridgehead atoms. The third kappa shape index (κ3) is 5.00. The Bertz CT molecular complexity index is 569. The highest BCUT2D eigenvalue weighted by Crippen LogP contribution is 2.05. The molecule has 3 nitrogen and oxygen atoms in total. The van der Waals surface area contributed by atoms with Gasteiger partial charge in [-0.05, 0) is 29.7 Å². The molecular formula is C17H18FNO2. The fraction of sp³-hybridized carbons (Fsp3) is 0.235. The van der Waals surface area contributed by atoms with E-state index < -0.39 is 0 Å². The van der Waals surface area contributed by atoms with Crippen molar-refractivity contribution in [1.29, 1.82) is 0 Å². The van der Waals surface area contributed by atoms with Crippen LogP contribution in [0.1, 0.15) is 11.1 Å². The van der Waals surface area contributed by atoms with Gasteiger partial charge in [0.05, 0.1) is 19.1 Å². The van der Waals surface area contributed by atoms with Crippen LogP contribution in [-0.4, -0.2) is 23.7 Å². The van der Waals surface area contributed by atoms with E-state index in [0.29, 0.717) is 6.42 Å². The minimum atomic E-state index is -0.323. The first-order chi connectivity index (χ1) is 10.2. The number of halogens is 1. The van der Waals surface area contributed by atoms with Gasteiger partial charge in [0.25, 0.3) is 0 Å². The fourth-order valence-corrected chi connectivity index (χ4v) is 2.13. The van der Waals surface area contributed by atoms with Crippen molar-refractivity contribution in [3.05, 3.63) is 71.5 Å². The number of aliphatic hydroxyl groups is 1. The predicted octanol–water partition coefficient (Wildman–Crippen LogP) is 2.09. The standard InChI is InChI=1S/C17H18FNO2/c18-15-8-6-14(7-9-15)11-17(21)19-16(12-20)10-13-4-2-1-3-5-13/h1-9,16,20H,10-12H2,(H,19,21)/t16-/m1/s1. The maximum absolute atomic E-state index is 12.8. The van der Waals surface area contributed by atoms with E-state index in [9.17, 15) is 14.3 Å². The van der Waals surface area contributed by atoms with E-state index in [0.717, 1.165) is 11.1 Å². The van der Waals surface area contributed by atoms with Crippen LogP contribution < -0.4 is 5.32 Å². The van der Waals surface area contributed by atoms with Crippen molar-refractivity contribution in [3.8, 4) is 0 Å². The lowest BCUT2D eigenvalue weighted by atomic mass is 10.1. The van der Waals surface area contributed by atoms with Crippen molar-refractivity contribution >= 4 is 5.91 Å². The molecule has 0 spiro atoms. The second kappa shape index (κ2) is 7.55. The van der Waals surface area contributed by atoms with Crippen LogP contribution in [0.15, 0.2) is 54.6 Å². The highest BCUT2D eigenvalue weighted by molar-refractivity contribution is 5.78. The van der Waals surface area contributed by atoms with E-state index in [4.69, 9.17) is 0 Å². The summed E-state index contributed by atoms with van der Waals surface area (Å²) < 4.78 is 12.8. The first-order valence-corrected chi connectivity index (χ1v) is 6.86. The zero-order chi connectivity index (χ0) is 15.1. The predicted molar refractivity (Wildman–Crippen MR) is 79.3 cm³/mol. The number of amides is 1. The normalized spacial score (nSPS) is 11.9. The van der Waals surface area contributed by atoms with E-state index in [2.05, 4.69) is 5.32 Å². The van der Waals surface area contributed by atoms with Gasteiger partial charge in [0, 0.05) is 0 Å². The monoisotopic (exact) mass is 287 g/mol. The fourth-order valence-electron chi connectivity index (χ4n) is 2.13. The maximum Gasteiger partial charge on any atom is 0.224 e. The Morgan fingerprint density at radius 3 is 2.33 bits per heavy atom. The summed E-state index contributed by atoms with van der Waals surface area (Å²) in [5.41, 5.74) is 1.80. The highest BCUT2D eigenvalue weighted by atomic mass is 19.1. The smallest absolute Gasteiger partial charge is 0.224 e. The minimum Gasteiger partial charge on any atom is -0.394 e. The number of hydrogen-bond acceptors (Lipinski definition) is 2. The topological polar surface area (TPSA) is 49.3 Å². The third-order valence-corrected chi connectivity index (χ3v) is 3.19. The Balaban J connectivity index is 1.89. The number of nitrogens with one attached hydrogen (secondary N) is 1. The van der Waals surface area contributed by atoms with Crippen molar-refractivity contribution < 1.29 is 14.3 Å². The van der Waals surface area contributed by atoms with Crippen molar-refractivity contribution in [1.82, 2.24) is 5.32 Å². The summed E-state index contributed by atoms with van der Waals surface area (Å²) in [7, 11) is 0. The minimum absolute atomic E-state index is 0.121. The van der Waals surface area contributed by atoms with E-state index in [1.54, 1.807) is 12.1 Å². The molecule has 1 amide bonds. The van der Waals surface area contributed by atoms with Crippen LogP contribution in [0.25, 0.3) is 0 Å². The molecule has 0 aromatic heterocycles. The van der Waals surface area contributed by atoms with Crippen molar-refractivity contribution in [2.45, 2.75) is 18.9 Å². The first kappa shape index (κ1) is 15.2. The molecule has 0 radical (unpaired) electrons. The molecule has 21 heavy (non-hydrogen) atoms. The summed E-state index contributed by atoms with van der Waals surface area (Å²) in [4.78, 5) is 11.9. The van der Waals surface area contributed by atoms with Gasteiger partial charge in [-0.2, -0.15) is 0 Å². The van der Waals surface area contributed by atoms with Gasteiger partial charge in [-0.3, -0.25) is 4.79 Å². The number of aliphatic hydroxyl groups excluding tert-OH is 1. The van der Waals surface area contributed by atoms with Crippen LogP contribution >= 0.6 is 0 Å². The van der Waals surface area contributed by atoms with Gasteiger partial charge < -0.3 is 10.4 Å². The second-order valence-corrected chi connectivity index (χ2v) is 4.94. The summed E-state index contributed by atoms with van der Waals surface area (Å²) in [6, 6.07) is 15.2. The van der Waals surface area contributed by atoms with Crippen LogP contribution in [0.4, 0.5) is 4.39 Å². The number of carbonyl (C=O) groups is 1. The zero-order valence-corrected chi connectivity index (χ0v) is 11.6. The van der Waals surface area contributed by atoms with Crippen LogP contribution in [0.5, 0.6) is 0 Å². The second-order valence-electron chi connectivity index (χ2n) is 4.94. The molecule has 4 heteroatoms. The van der Waals surface area contributed by atoms with Crippen LogP contribution in [0.3, 0.4) is 0 Å². The lowest BCUT2D eigenvalue weighted by Gasteiger charge is -2.16. The van der Waals surface area contributed by atoms with Crippen molar-refractivity contribution in [2.24, 2.45) is 0 Å². The Labute approximate surface area is 123 Å². The van der Waals surface area contributed by atoms with Crippen LogP contribution in [0.2, 0.25) is 0 Å². The van der Waals surface area contributed by atoms with Crippen molar-refractivity contribution in [3.63, 3.8) is 0 Å². The summed E-state index contributed by atoms with van der Waals surface area (Å²) in [6.07, 6.45) is 0.748. The van der Waals surface area contributed by atoms with Gasteiger partial charge in [-0.1, -0.05) is 42.5 Å². The molecule has 110 valence electrons. The largest absolute Gasteiger partial charge is 0.394 e. The Kier molecular flexibility index (Phi) is 5.46. The Morgan fingerprint density at radius 1 is 1.05 bits per heavy atom. The number of carbonyl (C=O) groups excluding carboxylic acids is 1. The molecule has 0 unspecified atom stereocenters. The first-order valence-electron chi connectivity index (χ1n) is 6.86. The molecule has 2 aromatic carbocycles. The van der Waals surface area contributed by atoms with E-state index in [1.165, 1.54) is 12.1 Å². The lowest BCUT2D eigenvalue weighted by Crippen LogP contribution is -2.39. The van der Waals surface area contributed by atoms with Gasteiger partial charge in [0.15, 0.2) is 0 Å². The lowest BCUT2D eigenvalue weighted by molar-refractivity contribution is -0.121. The quantitative estimate of drug-likeness (QED) is 0.854. The molecule has 0 saturated heterocycles. The van der Waals surface area contributed by atoms with Gasteiger partial charge in [0.2, 0.25) is 5.91 Å². The van der Waals surface area contributed by atoms with Crippen LogP contribution in [0, 0.1) is 5.82 Å². The van der Waals surface area contributed by atoms with Gasteiger partial charge in [-0.25, -0.2) is 4.39 Å². The summed E-state index contributed by atoms with van der Waals surface area (Å²) >= 11 is 0. The number of benzene rings is 2. The Hall–Kier alpha value is -2.20. The molecule has 0 heterocycles. The molecule has 0 saturated carbocycles. The van der Waals surface area contributed by atoms with Crippen LogP contribution in [-0.2, 0) is 17.6 Å². The Morgan fingerprint density at radius 2 is 1.71 bits per heavy atom. The molecule has 0 aliphatic carbocycles. The molecule has 0 aliphatic heterocycles. The molecule has 0 fully saturated rings. The van der Waals surface area contributed by atoms with E-state index >= 15 is 0 Å². The maximum atomic E-state index is 12.8.